The second-order valence-electron chi connectivity index (χ2n) is 7.03. The van der Waals surface area contributed by atoms with Crippen molar-refractivity contribution < 1.29 is 9.59 Å². The molecule has 2 aromatic rings. The number of carbonyl (C=O) groups is 2. The molecule has 0 saturated carbocycles. The van der Waals surface area contributed by atoms with E-state index in [2.05, 4.69) is 22.9 Å². The van der Waals surface area contributed by atoms with Crippen LogP contribution in [0.4, 0.5) is 0 Å². The molecule has 0 aliphatic carbocycles. The van der Waals surface area contributed by atoms with Gasteiger partial charge in [0.25, 0.3) is 0 Å². The lowest BCUT2D eigenvalue weighted by atomic mass is 9.90. The third kappa shape index (κ3) is 8.00. The molecule has 0 fully saturated rings. The Morgan fingerprint density at radius 2 is 1.67 bits per heavy atom. The summed E-state index contributed by atoms with van der Waals surface area (Å²) < 4.78 is 0.954. The molecule has 0 aliphatic heterocycles. The Bertz CT molecular complexity index is 691. The summed E-state index contributed by atoms with van der Waals surface area (Å²) in [5, 5.41) is 1.93. The molecule has 0 aromatic carbocycles. The van der Waals surface area contributed by atoms with Crippen LogP contribution in [0, 0.1) is 5.92 Å². The Kier molecular flexibility index (Phi) is 10.5. The van der Waals surface area contributed by atoms with E-state index in [0.29, 0.717) is 6.42 Å². The highest BCUT2D eigenvalue weighted by Crippen LogP contribution is 2.28. The highest BCUT2D eigenvalue weighted by molar-refractivity contribution is 9.11. The first kappa shape index (κ1) is 22.5. The van der Waals surface area contributed by atoms with Crippen molar-refractivity contribution in [3.63, 3.8) is 0 Å². The fraction of sp³-hybridized carbons (Fsp3) is 0.545. The number of hydrogen-bond donors (Lipinski definition) is 0. The van der Waals surface area contributed by atoms with Gasteiger partial charge in [-0.1, -0.05) is 64.4 Å². The second-order valence-corrected chi connectivity index (χ2v) is 10.4. The molecule has 0 N–H and O–H groups in total. The van der Waals surface area contributed by atoms with E-state index in [1.807, 2.05) is 29.6 Å². The minimum absolute atomic E-state index is 0.0835. The van der Waals surface area contributed by atoms with Crippen molar-refractivity contribution >= 4 is 50.2 Å². The van der Waals surface area contributed by atoms with Crippen LogP contribution in [0.2, 0.25) is 0 Å². The number of Topliss-reactive ketones (excluding diaryl/α,β-unsaturated/α-hetero) is 2. The van der Waals surface area contributed by atoms with E-state index >= 15 is 0 Å². The molecule has 0 bridgehead atoms. The summed E-state index contributed by atoms with van der Waals surface area (Å²) in [6.45, 7) is 2.24. The van der Waals surface area contributed by atoms with Crippen molar-refractivity contribution in [2.24, 2.45) is 5.92 Å². The van der Waals surface area contributed by atoms with E-state index < -0.39 is 0 Å². The van der Waals surface area contributed by atoms with Crippen LogP contribution in [-0.4, -0.2) is 11.6 Å². The van der Waals surface area contributed by atoms with Gasteiger partial charge in [-0.05, 0) is 45.9 Å². The zero-order valence-corrected chi connectivity index (χ0v) is 19.3. The molecular weight excluding hydrogens is 440 g/mol. The first-order valence-electron chi connectivity index (χ1n) is 9.98. The summed E-state index contributed by atoms with van der Waals surface area (Å²) >= 11 is 6.33. The topological polar surface area (TPSA) is 34.1 Å². The normalized spacial score (nSPS) is 12.2. The van der Waals surface area contributed by atoms with Crippen molar-refractivity contribution in [3.8, 4) is 0 Å². The van der Waals surface area contributed by atoms with Crippen LogP contribution < -0.4 is 0 Å². The molecule has 27 heavy (non-hydrogen) atoms. The van der Waals surface area contributed by atoms with E-state index in [9.17, 15) is 9.59 Å². The van der Waals surface area contributed by atoms with Crippen LogP contribution >= 0.6 is 38.6 Å². The van der Waals surface area contributed by atoms with Gasteiger partial charge in [0, 0.05) is 12.3 Å². The van der Waals surface area contributed by atoms with Gasteiger partial charge in [0.05, 0.1) is 13.5 Å². The summed E-state index contributed by atoms with van der Waals surface area (Å²) in [4.78, 5) is 27.0. The van der Waals surface area contributed by atoms with E-state index in [-0.39, 0.29) is 17.5 Å². The smallest absolute Gasteiger partial charge is 0.176 e. The SMILES string of the molecule is CCCCCCCCCCC(CC(=O)c1ccc(Br)s1)C(=O)c1cccs1. The zero-order valence-electron chi connectivity index (χ0n) is 16.0. The summed E-state index contributed by atoms with van der Waals surface area (Å²) in [6.07, 6.45) is 11.1. The molecule has 1 unspecified atom stereocenters. The average molecular weight is 470 g/mol. The minimum atomic E-state index is -0.197. The Balaban J connectivity index is 1.84. The highest BCUT2D eigenvalue weighted by atomic mass is 79.9. The van der Waals surface area contributed by atoms with Gasteiger partial charge in [-0.25, -0.2) is 0 Å². The van der Waals surface area contributed by atoms with Gasteiger partial charge in [-0.15, -0.1) is 22.7 Å². The van der Waals surface area contributed by atoms with Gasteiger partial charge in [0.15, 0.2) is 11.6 Å². The van der Waals surface area contributed by atoms with Crippen LogP contribution in [0.25, 0.3) is 0 Å². The Labute approximate surface area is 179 Å². The number of carbonyl (C=O) groups excluding carboxylic acids is 2. The number of ketones is 2. The molecule has 148 valence electrons. The van der Waals surface area contributed by atoms with Crippen LogP contribution in [0.3, 0.4) is 0 Å². The molecule has 2 rings (SSSR count). The third-order valence-electron chi connectivity index (χ3n) is 4.82. The molecule has 2 nitrogen and oxygen atoms in total. The molecule has 0 spiro atoms. The number of thiophene rings is 2. The Morgan fingerprint density at radius 3 is 2.26 bits per heavy atom. The zero-order chi connectivity index (χ0) is 19.5. The first-order chi connectivity index (χ1) is 13.1. The fourth-order valence-electron chi connectivity index (χ4n) is 3.26. The lowest BCUT2D eigenvalue weighted by Gasteiger charge is -2.14. The summed E-state index contributed by atoms with van der Waals surface area (Å²) in [7, 11) is 0. The van der Waals surface area contributed by atoms with E-state index in [1.54, 1.807) is 0 Å². The van der Waals surface area contributed by atoms with Gasteiger partial charge in [-0.3, -0.25) is 9.59 Å². The lowest BCUT2D eigenvalue weighted by molar-refractivity contribution is 0.0847. The van der Waals surface area contributed by atoms with E-state index in [1.165, 1.54) is 61.2 Å². The van der Waals surface area contributed by atoms with E-state index in [0.717, 1.165) is 32.8 Å². The Morgan fingerprint density at radius 1 is 0.963 bits per heavy atom. The van der Waals surface area contributed by atoms with E-state index in [4.69, 9.17) is 0 Å². The molecule has 0 aliphatic rings. The maximum Gasteiger partial charge on any atom is 0.176 e. The van der Waals surface area contributed by atoms with Gasteiger partial charge < -0.3 is 0 Å². The van der Waals surface area contributed by atoms with Crippen molar-refractivity contribution in [1.82, 2.24) is 0 Å². The molecule has 0 saturated heterocycles. The van der Waals surface area contributed by atoms with Crippen LogP contribution in [-0.2, 0) is 0 Å². The van der Waals surface area contributed by atoms with Crippen molar-refractivity contribution in [1.29, 1.82) is 0 Å². The van der Waals surface area contributed by atoms with Crippen molar-refractivity contribution in [2.45, 2.75) is 71.1 Å². The van der Waals surface area contributed by atoms with Gasteiger partial charge in [0.1, 0.15) is 0 Å². The molecule has 1 atom stereocenters. The highest BCUT2D eigenvalue weighted by Gasteiger charge is 2.24. The predicted molar refractivity (Wildman–Crippen MR) is 120 cm³/mol. The summed E-state index contributed by atoms with van der Waals surface area (Å²) in [6, 6.07) is 7.52. The second kappa shape index (κ2) is 12.6. The van der Waals surface area contributed by atoms with Crippen molar-refractivity contribution in [3.05, 3.63) is 43.2 Å². The maximum atomic E-state index is 12.9. The fourth-order valence-corrected chi connectivity index (χ4v) is 5.34. The minimum Gasteiger partial charge on any atom is -0.293 e. The monoisotopic (exact) mass is 468 g/mol. The lowest BCUT2D eigenvalue weighted by Crippen LogP contribution is -2.18. The Hall–Kier alpha value is -0.780. The maximum absolute atomic E-state index is 12.9. The number of rotatable bonds is 14. The van der Waals surface area contributed by atoms with Crippen LogP contribution in [0.1, 0.15) is 90.5 Å². The van der Waals surface area contributed by atoms with Crippen LogP contribution in [0.5, 0.6) is 0 Å². The first-order valence-corrected chi connectivity index (χ1v) is 12.5. The van der Waals surface area contributed by atoms with Gasteiger partial charge in [-0.2, -0.15) is 0 Å². The van der Waals surface area contributed by atoms with Gasteiger partial charge in [0.2, 0.25) is 0 Å². The molecule has 0 amide bonds. The van der Waals surface area contributed by atoms with Crippen LogP contribution in [0.15, 0.2) is 33.4 Å². The van der Waals surface area contributed by atoms with Crippen molar-refractivity contribution in [2.75, 3.05) is 0 Å². The summed E-state index contributed by atoms with van der Waals surface area (Å²) in [5.41, 5.74) is 0. The number of unbranched alkanes of at least 4 members (excludes halogenated alkanes) is 7. The molecular formula is C22H29BrO2S2. The largest absolute Gasteiger partial charge is 0.293 e. The predicted octanol–water partition coefficient (Wildman–Crippen LogP) is 8.17. The number of halogens is 1. The third-order valence-corrected chi connectivity index (χ3v) is 7.37. The standard InChI is InChI=1S/C22H29BrO2S2/c1-2-3-4-5-6-7-8-9-11-17(22(25)20-12-10-15-26-20)16-18(24)19-13-14-21(23)27-19/h10,12-15,17H,2-9,11,16H2,1H3. The molecule has 0 radical (unpaired) electrons. The molecule has 2 heterocycles. The average Bonchev–Trinajstić information content (AvgIpc) is 3.34. The quantitative estimate of drug-likeness (QED) is 0.207. The molecule has 2 aromatic heterocycles. The van der Waals surface area contributed by atoms with Gasteiger partial charge >= 0.3 is 0 Å². The summed E-state index contributed by atoms with van der Waals surface area (Å²) in [5.74, 6) is 0.0224. The molecule has 5 heteroatoms. The number of hydrogen-bond acceptors (Lipinski definition) is 4.